The van der Waals surface area contributed by atoms with Crippen LogP contribution in [0.5, 0.6) is 0 Å². The van der Waals surface area contributed by atoms with E-state index in [9.17, 15) is 0 Å². The van der Waals surface area contributed by atoms with Crippen LogP contribution in [0.4, 0.5) is 0 Å². The van der Waals surface area contributed by atoms with E-state index in [2.05, 4.69) is 24.1 Å². The Kier molecular flexibility index (Phi) is 8.95. The summed E-state index contributed by atoms with van der Waals surface area (Å²) in [5.41, 5.74) is 0. The quantitative estimate of drug-likeness (QED) is 0.445. The van der Waals surface area contributed by atoms with Gasteiger partial charge in [0.25, 0.3) is 0 Å². The van der Waals surface area contributed by atoms with E-state index in [0.717, 1.165) is 13.2 Å². The molecule has 0 bridgehead atoms. The van der Waals surface area contributed by atoms with Crippen molar-refractivity contribution in [3.8, 4) is 0 Å². The second-order valence-electron chi connectivity index (χ2n) is 3.28. The van der Waals surface area contributed by atoms with Crippen molar-refractivity contribution >= 4 is 0 Å². The van der Waals surface area contributed by atoms with Crippen LogP contribution >= 0.6 is 0 Å². The van der Waals surface area contributed by atoms with Crippen molar-refractivity contribution in [2.75, 3.05) is 26.8 Å². The molecular formula is C10H24N2. The summed E-state index contributed by atoms with van der Waals surface area (Å²) >= 11 is 0. The molecule has 0 saturated carbocycles. The average molecular weight is 172 g/mol. The molecule has 0 fully saturated rings. The van der Waals surface area contributed by atoms with Crippen LogP contribution in [0.2, 0.25) is 0 Å². The van der Waals surface area contributed by atoms with Crippen LogP contribution < -0.4 is 5.32 Å². The van der Waals surface area contributed by atoms with Crippen LogP contribution in [0.1, 0.15) is 39.5 Å². The molecule has 0 aliphatic heterocycles. The maximum atomic E-state index is 3.19. The van der Waals surface area contributed by atoms with Gasteiger partial charge in [0.2, 0.25) is 0 Å². The highest BCUT2D eigenvalue weighted by Gasteiger charge is 1.98. The van der Waals surface area contributed by atoms with Gasteiger partial charge in [-0.3, -0.25) is 4.90 Å². The lowest BCUT2D eigenvalue weighted by Crippen LogP contribution is -2.32. The van der Waals surface area contributed by atoms with Gasteiger partial charge in [0.05, 0.1) is 0 Å². The lowest BCUT2D eigenvalue weighted by Gasteiger charge is -2.19. The van der Waals surface area contributed by atoms with Crippen molar-refractivity contribution in [3.05, 3.63) is 0 Å². The highest BCUT2D eigenvalue weighted by molar-refractivity contribution is 4.52. The van der Waals surface area contributed by atoms with Gasteiger partial charge in [-0.1, -0.05) is 33.1 Å². The highest BCUT2D eigenvalue weighted by atomic mass is 15.2. The molecule has 74 valence electrons. The van der Waals surface area contributed by atoms with Gasteiger partial charge in [-0.25, -0.2) is 0 Å². The summed E-state index contributed by atoms with van der Waals surface area (Å²) in [6, 6.07) is 0. The molecule has 2 nitrogen and oxygen atoms in total. The predicted octanol–water partition coefficient (Wildman–Crippen LogP) is 2.07. The molecule has 0 aromatic carbocycles. The minimum absolute atomic E-state index is 1.03. The van der Waals surface area contributed by atoms with Gasteiger partial charge < -0.3 is 5.32 Å². The molecule has 0 saturated heterocycles. The van der Waals surface area contributed by atoms with Crippen molar-refractivity contribution in [2.24, 2.45) is 0 Å². The third kappa shape index (κ3) is 6.62. The molecule has 0 spiro atoms. The lowest BCUT2D eigenvalue weighted by atomic mass is 10.2. The van der Waals surface area contributed by atoms with Crippen LogP contribution in [0.3, 0.4) is 0 Å². The summed E-state index contributed by atoms with van der Waals surface area (Å²) in [4.78, 5) is 2.44. The van der Waals surface area contributed by atoms with Crippen LogP contribution in [0, 0.1) is 0 Å². The Bertz CT molecular complexity index is 83.9. The smallest absolute Gasteiger partial charge is 0.0477 e. The number of nitrogens with zero attached hydrogens (tertiary/aromatic N) is 1. The Labute approximate surface area is 77.3 Å². The molecule has 0 radical (unpaired) electrons. The monoisotopic (exact) mass is 172 g/mol. The second-order valence-corrected chi connectivity index (χ2v) is 3.28. The third-order valence-corrected chi connectivity index (χ3v) is 2.16. The summed E-state index contributed by atoms with van der Waals surface area (Å²) in [5.74, 6) is 0. The lowest BCUT2D eigenvalue weighted by molar-refractivity contribution is 0.267. The first-order valence-electron chi connectivity index (χ1n) is 5.22. The first kappa shape index (κ1) is 11.9. The molecule has 0 aromatic rings. The maximum absolute atomic E-state index is 3.19. The van der Waals surface area contributed by atoms with E-state index in [1.165, 1.54) is 32.2 Å². The first-order valence-corrected chi connectivity index (χ1v) is 5.22. The molecule has 0 unspecified atom stereocenters. The largest absolute Gasteiger partial charge is 0.307 e. The number of hydrogen-bond donors (Lipinski definition) is 1. The van der Waals surface area contributed by atoms with E-state index in [0.29, 0.717) is 0 Å². The Balaban J connectivity index is 3.19. The SMILES string of the molecule is CCCCCCN(CC)CNC. The molecule has 0 atom stereocenters. The van der Waals surface area contributed by atoms with E-state index in [1.54, 1.807) is 0 Å². The van der Waals surface area contributed by atoms with Gasteiger partial charge in [0.15, 0.2) is 0 Å². The maximum Gasteiger partial charge on any atom is 0.0477 e. The molecule has 0 rings (SSSR count). The van der Waals surface area contributed by atoms with Crippen LogP contribution in [-0.2, 0) is 0 Å². The Hall–Kier alpha value is -0.0800. The van der Waals surface area contributed by atoms with E-state index in [-0.39, 0.29) is 0 Å². The zero-order valence-corrected chi connectivity index (χ0v) is 8.90. The minimum atomic E-state index is 1.03. The molecular weight excluding hydrogens is 148 g/mol. The zero-order valence-electron chi connectivity index (χ0n) is 8.90. The molecule has 0 heterocycles. The molecule has 0 aromatic heterocycles. The molecule has 0 aliphatic rings. The molecule has 12 heavy (non-hydrogen) atoms. The van der Waals surface area contributed by atoms with Crippen molar-refractivity contribution in [2.45, 2.75) is 39.5 Å². The molecule has 2 heteroatoms. The van der Waals surface area contributed by atoms with E-state index in [4.69, 9.17) is 0 Å². The topological polar surface area (TPSA) is 15.3 Å². The normalized spacial score (nSPS) is 11.0. The van der Waals surface area contributed by atoms with Crippen LogP contribution in [0.15, 0.2) is 0 Å². The standard InChI is InChI=1S/C10H24N2/c1-4-6-7-8-9-12(5-2)10-11-3/h11H,4-10H2,1-3H3. The molecule has 1 N–H and O–H groups in total. The average Bonchev–Trinajstić information content (AvgIpc) is 2.10. The van der Waals surface area contributed by atoms with Crippen LogP contribution in [0.25, 0.3) is 0 Å². The second kappa shape index (κ2) is 9.01. The Morgan fingerprint density at radius 3 is 2.33 bits per heavy atom. The summed E-state index contributed by atoms with van der Waals surface area (Å²) in [6.45, 7) is 7.91. The van der Waals surface area contributed by atoms with Gasteiger partial charge in [0.1, 0.15) is 0 Å². The third-order valence-electron chi connectivity index (χ3n) is 2.16. The Morgan fingerprint density at radius 1 is 1.08 bits per heavy atom. The van der Waals surface area contributed by atoms with Gasteiger partial charge in [-0.05, 0) is 26.6 Å². The van der Waals surface area contributed by atoms with E-state index in [1.807, 2.05) is 7.05 Å². The summed E-state index contributed by atoms with van der Waals surface area (Å²) < 4.78 is 0. The summed E-state index contributed by atoms with van der Waals surface area (Å²) in [5, 5.41) is 3.19. The fourth-order valence-electron chi connectivity index (χ4n) is 1.33. The van der Waals surface area contributed by atoms with Gasteiger partial charge in [-0.2, -0.15) is 0 Å². The summed E-state index contributed by atoms with van der Waals surface area (Å²) in [6.07, 6.45) is 5.45. The van der Waals surface area contributed by atoms with E-state index < -0.39 is 0 Å². The number of unbranched alkanes of at least 4 members (excludes halogenated alkanes) is 3. The van der Waals surface area contributed by atoms with Gasteiger partial charge in [-0.15, -0.1) is 0 Å². The van der Waals surface area contributed by atoms with Gasteiger partial charge in [0, 0.05) is 6.67 Å². The number of hydrogen-bond acceptors (Lipinski definition) is 2. The Morgan fingerprint density at radius 2 is 1.83 bits per heavy atom. The molecule has 0 aliphatic carbocycles. The number of rotatable bonds is 8. The number of nitrogens with one attached hydrogen (secondary N) is 1. The van der Waals surface area contributed by atoms with Crippen molar-refractivity contribution in [1.29, 1.82) is 0 Å². The predicted molar refractivity (Wildman–Crippen MR) is 55.3 cm³/mol. The fraction of sp³-hybridized carbons (Fsp3) is 1.00. The van der Waals surface area contributed by atoms with Gasteiger partial charge >= 0.3 is 0 Å². The first-order chi connectivity index (χ1) is 5.85. The summed E-state index contributed by atoms with van der Waals surface area (Å²) in [7, 11) is 2.01. The van der Waals surface area contributed by atoms with Crippen molar-refractivity contribution in [1.82, 2.24) is 10.2 Å². The van der Waals surface area contributed by atoms with Crippen LogP contribution in [-0.4, -0.2) is 31.7 Å². The highest BCUT2D eigenvalue weighted by Crippen LogP contribution is 2.00. The minimum Gasteiger partial charge on any atom is -0.307 e. The fourth-order valence-corrected chi connectivity index (χ4v) is 1.33. The van der Waals surface area contributed by atoms with Crippen molar-refractivity contribution < 1.29 is 0 Å². The van der Waals surface area contributed by atoms with Crippen molar-refractivity contribution in [3.63, 3.8) is 0 Å². The molecule has 0 amide bonds. The van der Waals surface area contributed by atoms with E-state index >= 15 is 0 Å². The zero-order chi connectivity index (χ0) is 9.23.